The lowest BCUT2D eigenvalue weighted by Crippen LogP contribution is -2.34. The molecule has 0 unspecified atom stereocenters. The third-order valence-electron chi connectivity index (χ3n) is 4.58. The third kappa shape index (κ3) is 2.77. The van der Waals surface area contributed by atoms with Crippen LogP contribution in [0.5, 0.6) is 0 Å². The van der Waals surface area contributed by atoms with Gasteiger partial charge in [0.25, 0.3) is 0 Å². The minimum Gasteiger partial charge on any atom is -0.325 e. The molecule has 134 valence electrons. The fourth-order valence-electron chi connectivity index (χ4n) is 3.48. The number of nitrogens with zero attached hydrogens (tertiary/aromatic N) is 3. The molecule has 6 heteroatoms. The van der Waals surface area contributed by atoms with E-state index in [0.717, 1.165) is 29.7 Å². The highest BCUT2D eigenvalue weighted by Crippen LogP contribution is 2.34. The van der Waals surface area contributed by atoms with Crippen molar-refractivity contribution in [2.75, 3.05) is 11.4 Å². The summed E-state index contributed by atoms with van der Waals surface area (Å²) in [7, 11) is 0. The highest BCUT2D eigenvalue weighted by molar-refractivity contribution is 5.97. The van der Waals surface area contributed by atoms with Crippen molar-refractivity contribution in [3.05, 3.63) is 65.7 Å². The summed E-state index contributed by atoms with van der Waals surface area (Å²) in [6, 6.07) is 4.73. The topological polar surface area (TPSA) is 68.8 Å². The Hall–Kier alpha value is -3.02. The van der Waals surface area contributed by atoms with Crippen LogP contribution in [-0.2, 0) is 0 Å². The number of anilines is 1. The van der Waals surface area contributed by atoms with Crippen molar-refractivity contribution in [2.45, 2.75) is 26.7 Å². The summed E-state index contributed by atoms with van der Waals surface area (Å²) in [4.78, 5) is 6.39. The molecule has 1 aliphatic rings. The predicted molar refractivity (Wildman–Crippen MR) is 103 cm³/mol. The largest absolute Gasteiger partial charge is 0.325 e. The zero-order valence-corrected chi connectivity index (χ0v) is 15.1. The molecule has 0 fully saturated rings. The minimum absolute atomic E-state index is 0.0462. The molecule has 2 aromatic rings. The van der Waals surface area contributed by atoms with Gasteiger partial charge in [-0.1, -0.05) is 24.8 Å². The number of para-hydroxylation sites is 1. The second-order valence-electron chi connectivity index (χ2n) is 6.42. The van der Waals surface area contributed by atoms with E-state index in [1.54, 1.807) is 18.2 Å². The molecule has 1 aromatic heterocycles. The zero-order valence-electron chi connectivity index (χ0n) is 15.1. The van der Waals surface area contributed by atoms with Crippen LogP contribution in [0.2, 0.25) is 0 Å². The van der Waals surface area contributed by atoms with Gasteiger partial charge in [0, 0.05) is 17.6 Å². The first-order chi connectivity index (χ1) is 12.4. The first kappa shape index (κ1) is 17.8. The van der Waals surface area contributed by atoms with Crippen LogP contribution in [0.1, 0.15) is 26.7 Å². The molecule has 1 aromatic carbocycles. The van der Waals surface area contributed by atoms with Gasteiger partial charge in [-0.3, -0.25) is 15.4 Å². The van der Waals surface area contributed by atoms with Crippen LogP contribution in [-0.4, -0.2) is 21.9 Å². The quantitative estimate of drug-likeness (QED) is 0.645. The van der Waals surface area contributed by atoms with E-state index < -0.39 is 5.82 Å². The van der Waals surface area contributed by atoms with E-state index in [-0.39, 0.29) is 17.0 Å². The summed E-state index contributed by atoms with van der Waals surface area (Å²) >= 11 is 0. The molecule has 0 saturated heterocycles. The normalized spacial score (nSPS) is 14.7. The lowest BCUT2D eigenvalue weighted by atomic mass is 9.96. The predicted octanol–water partition coefficient (Wildman–Crippen LogP) is 4.12. The molecule has 2 heterocycles. The summed E-state index contributed by atoms with van der Waals surface area (Å²) in [5, 5.41) is 16.7. The average Bonchev–Trinajstić information content (AvgIpc) is 2.60. The smallest absolute Gasteiger partial charge is 0.230 e. The van der Waals surface area contributed by atoms with Crippen LogP contribution in [0, 0.1) is 16.6 Å². The second-order valence-corrected chi connectivity index (χ2v) is 6.42. The monoisotopic (exact) mass is 351 g/mol. The molecule has 0 amide bonds. The van der Waals surface area contributed by atoms with Crippen molar-refractivity contribution in [3.63, 3.8) is 0 Å². The molecule has 0 aliphatic carbocycles. The molecule has 0 atom stereocenters. The van der Waals surface area contributed by atoms with Crippen LogP contribution in [0.15, 0.2) is 54.3 Å². The van der Waals surface area contributed by atoms with E-state index in [9.17, 15) is 4.39 Å². The Balaban J connectivity index is 2.39. The summed E-state index contributed by atoms with van der Waals surface area (Å²) in [5.74, 6) is 0.0766. The highest BCUT2D eigenvalue weighted by atomic mass is 19.1. The Kier molecular flexibility index (Phi) is 4.59. The summed E-state index contributed by atoms with van der Waals surface area (Å²) < 4.78 is 15.8. The Morgan fingerprint density at radius 2 is 2.08 bits per heavy atom. The summed E-state index contributed by atoms with van der Waals surface area (Å²) in [6.07, 6.45) is 3.58. The molecule has 0 spiro atoms. The van der Waals surface area contributed by atoms with E-state index in [0.29, 0.717) is 17.7 Å². The molecule has 0 saturated carbocycles. The van der Waals surface area contributed by atoms with E-state index in [2.05, 4.69) is 18.1 Å². The van der Waals surface area contributed by atoms with Crippen molar-refractivity contribution in [3.8, 4) is 0 Å². The highest BCUT2D eigenvalue weighted by Gasteiger charge is 2.24. The minimum atomic E-state index is -0.479. The van der Waals surface area contributed by atoms with Crippen LogP contribution in [0.4, 0.5) is 10.2 Å². The first-order valence-electron chi connectivity index (χ1n) is 8.47. The number of halogens is 1. The van der Waals surface area contributed by atoms with E-state index >= 15 is 0 Å². The SMILES string of the molecule is C=CC1=C(C(=C)C)CCCN1c1nc(=N)n(C(C)=N)c2c(F)cccc12. The van der Waals surface area contributed by atoms with Crippen molar-refractivity contribution < 1.29 is 4.39 Å². The molecular weight excluding hydrogens is 329 g/mol. The van der Waals surface area contributed by atoms with E-state index in [4.69, 9.17) is 10.8 Å². The fourth-order valence-corrected chi connectivity index (χ4v) is 3.48. The van der Waals surface area contributed by atoms with E-state index in [1.807, 2.05) is 11.8 Å². The van der Waals surface area contributed by atoms with Crippen LogP contribution in [0.3, 0.4) is 0 Å². The number of fused-ring (bicyclic) bond motifs is 1. The second kappa shape index (κ2) is 6.71. The molecule has 2 N–H and O–H groups in total. The summed E-state index contributed by atoms with van der Waals surface area (Å²) in [6.45, 7) is 12.2. The lowest BCUT2D eigenvalue weighted by molar-refractivity contribution is 0.631. The van der Waals surface area contributed by atoms with Gasteiger partial charge in [0.1, 0.15) is 17.5 Å². The van der Waals surface area contributed by atoms with E-state index in [1.165, 1.54) is 17.6 Å². The standard InChI is InChI=1S/C20H22FN5/c1-5-17-14(12(2)3)9-7-11-25(17)19-15-8-6-10-16(21)18(15)26(13(4)22)20(23)24-19/h5-6,8,10,22-23H,1-2,7,9,11H2,3-4H3. The third-order valence-corrected chi connectivity index (χ3v) is 4.58. The zero-order chi connectivity index (χ0) is 19.0. The number of nitrogens with one attached hydrogen (secondary N) is 2. The van der Waals surface area contributed by atoms with Gasteiger partial charge >= 0.3 is 0 Å². The van der Waals surface area contributed by atoms with Gasteiger partial charge in [-0.2, -0.15) is 4.98 Å². The maximum atomic E-state index is 14.6. The molecule has 0 radical (unpaired) electrons. The van der Waals surface area contributed by atoms with Crippen molar-refractivity contribution in [2.24, 2.45) is 0 Å². The van der Waals surface area contributed by atoms with Gasteiger partial charge in [-0.15, -0.1) is 0 Å². The van der Waals surface area contributed by atoms with Crippen LogP contribution < -0.4 is 10.5 Å². The van der Waals surface area contributed by atoms with Crippen molar-refractivity contribution in [1.82, 2.24) is 9.55 Å². The molecule has 3 rings (SSSR count). The van der Waals surface area contributed by atoms with Gasteiger partial charge in [-0.25, -0.2) is 4.39 Å². The maximum Gasteiger partial charge on any atom is 0.230 e. The number of hydrogen-bond donors (Lipinski definition) is 2. The van der Waals surface area contributed by atoms with Crippen molar-refractivity contribution >= 4 is 22.6 Å². The van der Waals surface area contributed by atoms with Gasteiger partial charge in [-0.05, 0) is 50.5 Å². The van der Waals surface area contributed by atoms with Crippen molar-refractivity contribution in [1.29, 1.82) is 10.8 Å². The number of benzene rings is 1. The number of hydrogen-bond acceptors (Lipinski definition) is 4. The van der Waals surface area contributed by atoms with Gasteiger partial charge in [0.15, 0.2) is 0 Å². The Morgan fingerprint density at radius 3 is 2.69 bits per heavy atom. The number of aromatic nitrogens is 2. The molecule has 0 bridgehead atoms. The molecule has 5 nitrogen and oxygen atoms in total. The lowest BCUT2D eigenvalue weighted by Gasteiger charge is -2.33. The Morgan fingerprint density at radius 1 is 1.35 bits per heavy atom. The van der Waals surface area contributed by atoms with Crippen LogP contribution in [0.25, 0.3) is 10.9 Å². The molecular formula is C20H22FN5. The van der Waals surface area contributed by atoms with Gasteiger partial charge in [0.05, 0.1) is 5.52 Å². The fraction of sp³-hybridized carbons (Fsp3) is 0.250. The van der Waals surface area contributed by atoms with Crippen LogP contribution >= 0.6 is 0 Å². The van der Waals surface area contributed by atoms with Gasteiger partial charge < -0.3 is 4.90 Å². The van der Waals surface area contributed by atoms with Gasteiger partial charge in [0.2, 0.25) is 5.62 Å². The number of rotatable bonds is 3. The molecule has 26 heavy (non-hydrogen) atoms. The molecule has 1 aliphatic heterocycles. The Labute approximate surface area is 151 Å². The average molecular weight is 351 g/mol. The Bertz CT molecular complexity index is 1030. The summed E-state index contributed by atoms with van der Waals surface area (Å²) in [5.41, 5.74) is 2.99. The first-order valence-corrected chi connectivity index (χ1v) is 8.47. The number of allylic oxidation sites excluding steroid dienone is 3. The maximum absolute atomic E-state index is 14.6.